The molecule has 2 heterocycles. The van der Waals surface area contributed by atoms with Crippen LogP contribution < -0.4 is 0 Å². The van der Waals surface area contributed by atoms with Crippen molar-refractivity contribution in [1.29, 1.82) is 0 Å². The maximum absolute atomic E-state index is 7.23. The smallest absolute Gasteiger partial charge is 0.186 e. The summed E-state index contributed by atoms with van der Waals surface area (Å²) in [5.41, 5.74) is 6.19. The molecular formula is C55H60O10. The Morgan fingerprint density at radius 2 is 0.738 bits per heavy atom. The molecule has 2 aliphatic heterocycles. The van der Waals surface area contributed by atoms with Gasteiger partial charge in [-0.3, -0.25) is 0 Å². The van der Waals surface area contributed by atoms with Crippen LogP contribution in [0.2, 0.25) is 0 Å². The van der Waals surface area contributed by atoms with E-state index in [1.807, 2.05) is 158 Å². The molecule has 0 saturated carbocycles. The van der Waals surface area contributed by atoms with Crippen LogP contribution in [0.1, 0.15) is 39.8 Å². The molecule has 0 unspecified atom stereocenters. The van der Waals surface area contributed by atoms with Crippen LogP contribution in [0.4, 0.5) is 0 Å². The van der Waals surface area contributed by atoms with Crippen molar-refractivity contribution in [3.05, 3.63) is 215 Å². The third-order valence-electron chi connectivity index (χ3n) is 11.6. The van der Waals surface area contributed by atoms with Gasteiger partial charge in [-0.2, -0.15) is 0 Å². The predicted octanol–water partition coefficient (Wildman–Crippen LogP) is 9.63. The SMILES string of the molecule is CO[C@@H]1O[C@H](COCc2ccccc2)[C@H](O[C@@H]2C[C@@H](OCc3ccccc3)[C@@H](OCc3ccccc3)[C@@H](COCc3ccccc3)O2)[C@H](OCc2ccccc2)[C@H]1OCc1ccccc1. The Morgan fingerprint density at radius 3 is 1.15 bits per heavy atom. The molecule has 2 fully saturated rings. The Labute approximate surface area is 383 Å². The highest BCUT2D eigenvalue weighted by Crippen LogP contribution is 2.35. The average molecular weight is 881 g/mol. The number of hydrogen-bond donors (Lipinski definition) is 0. The Bertz CT molecular complexity index is 2190. The minimum atomic E-state index is -0.797. The van der Waals surface area contributed by atoms with Crippen molar-refractivity contribution >= 4 is 0 Å². The van der Waals surface area contributed by atoms with E-state index in [1.165, 1.54) is 0 Å². The lowest BCUT2D eigenvalue weighted by atomic mass is 9.97. The average Bonchev–Trinajstić information content (AvgIpc) is 3.36. The molecule has 0 spiro atoms. The highest BCUT2D eigenvalue weighted by atomic mass is 16.7. The lowest BCUT2D eigenvalue weighted by Gasteiger charge is -2.48. The van der Waals surface area contributed by atoms with E-state index in [0.29, 0.717) is 46.1 Å². The Morgan fingerprint density at radius 1 is 0.385 bits per heavy atom. The fourth-order valence-corrected chi connectivity index (χ4v) is 8.21. The van der Waals surface area contributed by atoms with E-state index in [1.54, 1.807) is 7.11 Å². The van der Waals surface area contributed by atoms with E-state index < -0.39 is 55.3 Å². The molecule has 0 amide bonds. The Hall–Kier alpha value is -5.08. The van der Waals surface area contributed by atoms with Gasteiger partial charge in [0, 0.05) is 13.5 Å². The van der Waals surface area contributed by atoms with Crippen molar-refractivity contribution in [3.63, 3.8) is 0 Å². The fourth-order valence-electron chi connectivity index (χ4n) is 8.21. The predicted molar refractivity (Wildman–Crippen MR) is 246 cm³/mol. The van der Waals surface area contributed by atoms with E-state index in [-0.39, 0.29) is 13.2 Å². The number of benzene rings is 6. The minimum Gasteiger partial charge on any atom is -0.374 e. The van der Waals surface area contributed by atoms with Crippen LogP contribution >= 0.6 is 0 Å². The highest BCUT2D eigenvalue weighted by molar-refractivity contribution is 5.18. The van der Waals surface area contributed by atoms with E-state index >= 15 is 0 Å². The van der Waals surface area contributed by atoms with Crippen LogP contribution in [0.25, 0.3) is 0 Å². The molecule has 0 bridgehead atoms. The summed E-state index contributed by atoms with van der Waals surface area (Å²) in [6, 6.07) is 60.5. The first-order valence-corrected chi connectivity index (χ1v) is 22.5. The largest absolute Gasteiger partial charge is 0.374 e. The van der Waals surface area contributed by atoms with Crippen molar-refractivity contribution in [2.75, 3.05) is 20.3 Å². The van der Waals surface area contributed by atoms with Gasteiger partial charge in [0.05, 0.1) is 59.0 Å². The van der Waals surface area contributed by atoms with Gasteiger partial charge in [-0.15, -0.1) is 0 Å². The molecule has 2 saturated heterocycles. The van der Waals surface area contributed by atoms with Crippen molar-refractivity contribution < 1.29 is 47.4 Å². The zero-order chi connectivity index (χ0) is 44.3. The van der Waals surface area contributed by atoms with Crippen LogP contribution in [-0.4, -0.2) is 75.6 Å². The molecular weight excluding hydrogens is 821 g/mol. The summed E-state index contributed by atoms with van der Waals surface area (Å²) in [6.07, 6.45) is -5.51. The first kappa shape index (κ1) is 46.4. The van der Waals surface area contributed by atoms with Gasteiger partial charge in [0.2, 0.25) is 0 Å². The standard InChI is InChI=1S/C55H60O10/c1-56-55-54(62-38-46-30-18-7-19-31-46)53(61-37-45-28-16-6-17-29-45)52(49(64-55)40-58-34-42-22-10-3-11-23-42)65-50-32-47(59-35-43-24-12-4-13-25-43)51(60-36-44-26-14-5-15-27-44)48(63-50)39-57-33-41-20-8-2-9-21-41/h2-31,47-55H,32-40H2,1H3/t47-,48-,49-,50-,51-,52+,53+,54-,55-/m1/s1. The summed E-state index contributed by atoms with van der Waals surface area (Å²) in [5.74, 6) is 0. The summed E-state index contributed by atoms with van der Waals surface area (Å²) < 4.78 is 67.1. The first-order chi connectivity index (χ1) is 32.2. The van der Waals surface area contributed by atoms with E-state index in [9.17, 15) is 0 Å². The number of ether oxygens (including phenoxy) is 10. The minimum absolute atomic E-state index is 0.184. The summed E-state index contributed by atoms with van der Waals surface area (Å²) in [6.45, 7) is 2.53. The monoisotopic (exact) mass is 880 g/mol. The summed E-state index contributed by atoms with van der Waals surface area (Å²) >= 11 is 0. The van der Waals surface area contributed by atoms with Crippen LogP contribution in [0.3, 0.4) is 0 Å². The summed E-state index contributed by atoms with van der Waals surface area (Å²) in [5, 5.41) is 0. The summed E-state index contributed by atoms with van der Waals surface area (Å²) in [7, 11) is 1.62. The zero-order valence-corrected chi connectivity index (χ0v) is 37.0. The van der Waals surface area contributed by atoms with Gasteiger partial charge < -0.3 is 47.4 Å². The maximum Gasteiger partial charge on any atom is 0.186 e. The normalized spacial score (nSPS) is 24.4. The Balaban J connectivity index is 1.10. The molecule has 6 aromatic rings. The second kappa shape index (κ2) is 25.0. The van der Waals surface area contributed by atoms with Gasteiger partial charge in [0.25, 0.3) is 0 Å². The number of hydrogen-bond acceptors (Lipinski definition) is 10. The number of rotatable bonds is 23. The fraction of sp³-hybridized carbons (Fsp3) is 0.345. The zero-order valence-electron chi connectivity index (χ0n) is 37.0. The molecule has 0 N–H and O–H groups in total. The molecule has 340 valence electrons. The molecule has 8 rings (SSSR count). The van der Waals surface area contributed by atoms with Gasteiger partial charge in [0.1, 0.15) is 36.6 Å². The van der Waals surface area contributed by atoms with Gasteiger partial charge >= 0.3 is 0 Å². The number of methoxy groups -OCH3 is 1. The van der Waals surface area contributed by atoms with Crippen molar-refractivity contribution in [1.82, 2.24) is 0 Å². The van der Waals surface area contributed by atoms with Crippen molar-refractivity contribution in [3.8, 4) is 0 Å². The van der Waals surface area contributed by atoms with E-state index in [4.69, 9.17) is 47.4 Å². The quantitative estimate of drug-likeness (QED) is 0.0620. The topological polar surface area (TPSA) is 92.3 Å². The lowest BCUT2D eigenvalue weighted by Crippen LogP contribution is -2.63. The van der Waals surface area contributed by atoms with Gasteiger partial charge in [-0.05, 0) is 33.4 Å². The maximum atomic E-state index is 7.23. The Kier molecular flexibility index (Phi) is 17.9. The van der Waals surface area contributed by atoms with Crippen LogP contribution in [0.5, 0.6) is 0 Å². The molecule has 2 aliphatic rings. The molecule has 10 heteroatoms. The summed E-state index contributed by atoms with van der Waals surface area (Å²) in [4.78, 5) is 0. The molecule has 0 aliphatic carbocycles. The van der Waals surface area contributed by atoms with E-state index in [2.05, 4.69) is 24.3 Å². The highest BCUT2D eigenvalue weighted by Gasteiger charge is 2.51. The van der Waals surface area contributed by atoms with Crippen LogP contribution in [-0.2, 0) is 87.0 Å². The molecule has 65 heavy (non-hydrogen) atoms. The van der Waals surface area contributed by atoms with Gasteiger partial charge in [-0.1, -0.05) is 182 Å². The van der Waals surface area contributed by atoms with E-state index in [0.717, 1.165) is 33.4 Å². The van der Waals surface area contributed by atoms with Gasteiger partial charge in [0.15, 0.2) is 12.6 Å². The van der Waals surface area contributed by atoms with Crippen molar-refractivity contribution in [2.24, 2.45) is 0 Å². The third-order valence-corrected chi connectivity index (χ3v) is 11.6. The van der Waals surface area contributed by atoms with Crippen LogP contribution in [0, 0.1) is 0 Å². The molecule has 6 aromatic carbocycles. The molecule has 9 atom stereocenters. The second-order valence-electron chi connectivity index (χ2n) is 16.3. The lowest BCUT2D eigenvalue weighted by molar-refractivity contribution is -0.355. The molecule has 0 aromatic heterocycles. The van der Waals surface area contributed by atoms with Gasteiger partial charge in [-0.25, -0.2) is 0 Å². The van der Waals surface area contributed by atoms with Crippen LogP contribution in [0.15, 0.2) is 182 Å². The van der Waals surface area contributed by atoms with Crippen molar-refractivity contribution in [2.45, 2.75) is 101 Å². The third kappa shape index (κ3) is 14.0. The second-order valence-corrected chi connectivity index (χ2v) is 16.3. The first-order valence-electron chi connectivity index (χ1n) is 22.5. The molecule has 0 radical (unpaired) electrons. The molecule has 10 nitrogen and oxygen atoms in total.